The van der Waals surface area contributed by atoms with Crippen LogP contribution >= 0.6 is 23.4 Å². The zero-order valence-corrected chi connectivity index (χ0v) is 18.5. The SMILES string of the molecule is C=CCn1c(SCc2cccc3ccccc23)nnc1C(C)Oc1ccc(F)cc1Cl. The maximum absolute atomic E-state index is 13.3. The van der Waals surface area contributed by atoms with Crippen LogP contribution in [-0.4, -0.2) is 14.8 Å². The molecule has 0 amide bonds. The Labute approximate surface area is 189 Å². The number of ether oxygens (including phenoxy) is 1. The number of hydrogen-bond donors (Lipinski definition) is 0. The molecular formula is C24H21ClFN3OS. The molecule has 0 aliphatic carbocycles. The Hall–Kier alpha value is -2.83. The second-order valence-corrected chi connectivity index (χ2v) is 8.35. The predicted molar refractivity (Wildman–Crippen MR) is 124 cm³/mol. The molecular weight excluding hydrogens is 433 g/mol. The van der Waals surface area contributed by atoms with E-state index in [-0.39, 0.29) is 5.02 Å². The molecule has 0 spiro atoms. The number of allylic oxidation sites excluding steroid dienone is 1. The summed E-state index contributed by atoms with van der Waals surface area (Å²) >= 11 is 7.72. The molecule has 0 fully saturated rings. The maximum Gasteiger partial charge on any atom is 0.191 e. The Bertz CT molecular complexity index is 1220. The lowest BCUT2D eigenvalue weighted by molar-refractivity contribution is 0.210. The van der Waals surface area contributed by atoms with Gasteiger partial charge < -0.3 is 4.74 Å². The second kappa shape index (κ2) is 9.54. The predicted octanol–water partition coefficient (Wildman–Crippen LogP) is 6.84. The molecule has 158 valence electrons. The van der Waals surface area contributed by atoms with Gasteiger partial charge in [0.1, 0.15) is 11.6 Å². The van der Waals surface area contributed by atoms with Gasteiger partial charge in [-0.05, 0) is 41.5 Å². The average molecular weight is 454 g/mol. The largest absolute Gasteiger partial charge is 0.481 e. The van der Waals surface area contributed by atoms with E-state index in [4.69, 9.17) is 16.3 Å². The fourth-order valence-corrected chi connectivity index (χ4v) is 4.55. The van der Waals surface area contributed by atoms with Crippen LogP contribution in [0.15, 0.2) is 78.5 Å². The minimum absolute atomic E-state index is 0.215. The van der Waals surface area contributed by atoms with Crippen molar-refractivity contribution >= 4 is 34.1 Å². The van der Waals surface area contributed by atoms with Gasteiger partial charge >= 0.3 is 0 Å². The van der Waals surface area contributed by atoms with Crippen molar-refractivity contribution in [2.45, 2.75) is 30.5 Å². The third-order valence-corrected chi connectivity index (χ3v) is 6.17. The molecule has 1 atom stereocenters. The molecule has 0 radical (unpaired) electrons. The van der Waals surface area contributed by atoms with Crippen LogP contribution in [0, 0.1) is 5.82 Å². The van der Waals surface area contributed by atoms with Gasteiger partial charge in [-0.2, -0.15) is 0 Å². The van der Waals surface area contributed by atoms with E-state index in [0.717, 1.165) is 10.9 Å². The van der Waals surface area contributed by atoms with Crippen molar-refractivity contribution < 1.29 is 9.13 Å². The zero-order valence-electron chi connectivity index (χ0n) is 17.0. The standard InChI is InChI=1S/C24H21ClFN3OS/c1-3-13-29-23(16(2)30-22-12-11-19(26)14-21(22)25)27-28-24(29)31-15-18-9-6-8-17-7-4-5-10-20(17)18/h3-12,14,16H,1,13,15H2,2H3. The highest BCUT2D eigenvalue weighted by atomic mass is 35.5. The minimum atomic E-state index is -0.428. The number of rotatable bonds is 8. The number of nitrogens with zero attached hydrogens (tertiary/aromatic N) is 3. The maximum atomic E-state index is 13.3. The van der Waals surface area contributed by atoms with E-state index in [2.05, 4.69) is 53.2 Å². The van der Waals surface area contributed by atoms with E-state index in [1.165, 1.54) is 34.5 Å². The summed E-state index contributed by atoms with van der Waals surface area (Å²) in [6.07, 6.45) is 1.37. The Morgan fingerprint density at radius 3 is 2.77 bits per heavy atom. The van der Waals surface area contributed by atoms with Crippen molar-refractivity contribution in [3.63, 3.8) is 0 Å². The third-order valence-electron chi connectivity index (χ3n) is 4.86. The molecule has 3 aromatic carbocycles. The number of fused-ring (bicyclic) bond motifs is 1. The van der Waals surface area contributed by atoms with Gasteiger partial charge in [-0.1, -0.05) is 71.9 Å². The van der Waals surface area contributed by atoms with E-state index in [1.54, 1.807) is 17.8 Å². The van der Waals surface area contributed by atoms with Crippen LogP contribution in [0.3, 0.4) is 0 Å². The topological polar surface area (TPSA) is 39.9 Å². The summed E-state index contributed by atoms with van der Waals surface area (Å²) in [6, 6.07) is 18.7. The van der Waals surface area contributed by atoms with Crippen molar-refractivity contribution in [3.8, 4) is 5.75 Å². The van der Waals surface area contributed by atoms with E-state index in [0.29, 0.717) is 18.1 Å². The van der Waals surface area contributed by atoms with Gasteiger partial charge in [0.05, 0.1) is 5.02 Å². The summed E-state index contributed by atoms with van der Waals surface area (Å²) in [5.41, 5.74) is 1.24. The van der Waals surface area contributed by atoms with Crippen molar-refractivity contribution in [1.29, 1.82) is 0 Å². The summed E-state index contributed by atoms with van der Waals surface area (Å²) in [6.45, 7) is 6.27. The van der Waals surface area contributed by atoms with Crippen LogP contribution in [-0.2, 0) is 12.3 Å². The molecule has 1 aromatic heterocycles. The van der Waals surface area contributed by atoms with Crippen LogP contribution in [0.2, 0.25) is 5.02 Å². The van der Waals surface area contributed by atoms with Gasteiger partial charge in [-0.15, -0.1) is 16.8 Å². The van der Waals surface area contributed by atoms with Crippen molar-refractivity contribution in [3.05, 3.63) is 95.5 Å². The van der Waals surface area contributed by atoms with E-state index >= 15 is 0 Å². The summed E-state index contributed by atoms with van der Waals surface area (Å²) in [7, 11) is 0. The van der Waals surface area contributed by atoms with Crippen molar-refractivity contribution in [1.82, 2.24) is 14.8 Å². The van der Waals surface area contributed by atoms with Crippen LogP contribution in [0.1, 0.15) is 24.4 Å². The van der Waals surface area contributed by atoms with Crippen LogP contribution in [0.5, 0.6) is 5.75 Å². The van der Waals surface area contributed by atoms with E-state index in [1.807, 2.05) is 17.6 Å². The molecule has 0 N–H and O–H groups in total. The molecule has 0 aliphatic heterocycles. The van der Waals surface area contributed by atoms with Crippen molar-refractivity contribution in [2.75, 3.05) is 0 Å². The first-order valence-corrected chi connectivity index (χ1v) is 11.2. The number of hydrogen-bond acceptors (Lipinski definition) is 4. The van der Waals surface area contributed by atoms with Crippen LogP contribution < -0.4 is 4.74 Å². The summed E-state index contributed by atoms with van der Waals surface area (Å²) in [4.78, 5) is 0. The average Bonchev–Trinajstić information content (AvgIpc) is 3.17. The number of thioether (sulfide) groups is 1. The molecule has 1 heterocycles. The molecule has 4 rings (SSSR count). The highest BCUT2D eigenvalue weighted by molar-refractivity contribution is 7.98. The van der Waals surface area contributed by atoms with Gasteiger partial charge in [0.25, 0.3) is 0 Å². The van der Waals surface area contributed by atoms with Gasteiger partial charge in [0.2, 0.25) is 0 Å². The van der Waals surface area contributed by atoms with Crippen molar-refractivity contribution in [2.24, 2.45) is 0 Å². The van der Waals surface area contributed by atoms with Gasteiger partial charge in [0, 0.05) is 12.3 Å². The minimum Gasteiger partial charge on any atom is -0.481 e. The zero-order chi connectivity index (χ0) is 21.8. The van der Waals surface area contributed by atoms with Gasteiger partial charge in [0.15, 0.2) is 17.1 Å². The molecule has 4 nitrogen and oxygen atoms in total. The second-order valence-electron chi connectivity index (χ2n) is 7.00. The van der Waals surface area contributed by atoms with Gasteiger partial charge in [-0.25, -0.2) is 4.39 Å². The summed E-state index contributed by atoms with van der Waals surface area (Å²) in [5.74, 6) is 1.40. The Morgan fingerprint density at radius 1 is 1.16 bits per heavy atom. The van der Waals surface area contributed by atoms with Crippen LogP contribution in [0.4, 0.5) is 4.39 Å². The normalized spacial score (nSPS) is 12.1. The third kappa shape index (κ3) is 4.75. The van der Waals surface area contributed by atoms with Gasteiger partial charge in [-0.3, -0.25) is 4.57 Å². The first-order valence-electron chi connectivity index (χ1n) is 9.82. The van der Waals surface area contributed by atoms with Crippen LogP contribution in [0.25, 0.3) is 10.8 Å². The first kappa shape index (κ1) is 21.4. The van der Waals surface area contributed by atoms with E-state index < -0.39 is 11.9 Å². The number of benzene rings is 3. The molecule has 7 heteroatoms. The number of aromatic nitrogens is 3. The van der Waals surface area contributed by atoms with E-state index in [9.17, 15) is 4.39 Å². The Balaban J connectivity index is 1.56. The lowest BCUT2D eigenvalue weighted by Gasteiger charge is -2.16. The summed E-state index contributed by atoms with van der Waals surface area (Å²) < 4.78 is 21.2. The fourth-order valence-electron chi connectivity index (χ4n) is 3.38. The molecule has 4 aromatic rings. The monoisotopic (exact) mass is 453 g/mol. The lowest BCUT2D eigenvalue weighted by atomic mass is 10.1. The quantitative estimate of drug-likeness (QED) is 0.216. The highest BCUT2D eigenvalue weighted by Crippen LogP contribution is 2.31. The Morgan fingerprint density at radius 2 is 1.97 bits per heavy atom. The Kier molecular flexibility index (Phi) is 6.59. The lowest BCUT2D eigenvalue weighted by Crippen LogP contribution is -2.12. The molecule has 0 aliphatic rings. The summed E-state index contributed by atoms with van der Waals surface area (Å²) in [5, 5.41) is 12.2. The molecule has 0 bridgehead atoms. The fraction of sp³-hybridized carbons (Fsp3) is 0.167. The first-order chi connectivity index (χ1) is 15.1. The molecule has 31 heavy (non-hydrogen) atoms. The molecule has 1 unspecified atom stereocenters. The highest BCUT2D eigenvalue weighted by Gasteiger charge is 2.20. The number of halogens is 2. The smallest absolute Gasteiger partial charge is 0.191 e. The molecule has 0 saturated carbocycles. The molecule has 0 saturated heterocycles.